The highest BCUT2D eigenvalue weighted by Gasteiger charge is 2.31. The number of hydrogen-bond acceptors (Lipinski definition) is 5. The quantitative estimate of drug-likeness (QED) is 0.708. The van der Waals surface area contributed by atoms with Crippen molar-refractivity contribution < 1.29 is 19.1 Å². The van der Waals surface area contributed by atoms with Gasteiger partial charge in [-0.05, 0) is 50.4 Å². The SMILES string of the molecule is CNCC1CCN(C(=O)C(NC(=O)c2cc(OC)cc(OC)c2)C(C)C)CC1. The van der Waals surface area contributed by atoms with Crippen LogP contribution in [0.2, 0.25) is 0 Å². The third-order valence-corrected chi connectivity index (χ3v) is 5.25. The van der Waals surface area contributed by atoms with E-state index in [1.165, 1.54) is 14.2 Å². The number of rotatable bonds is 8. The van der Waals surface area contributed by atoms with Gasteiger partial charge in [-0.3, -0.25) is 9.59 Å². The van der Waals surface area contributed by atoms with E-state index in [4.69, 9.17) is 9.47 Å². The number of methoxy groups -OCH3 is 2. The van der Waals surface area contributed by atoms with Gasteiger partial charge in [-0.1, -0.05) is 13.8 Å². The maximum atomic E-state index is 13.1. The van der Waals surface area contributed by atoms with E-state index in [1.54, 1.807) is 18.2 Å². The van der Waals surface area contributed by atoms with Crippen LogP contribution in [-0.4, -0.2) is 63.7 Å². The Morgan fingerprint density at radius 1 is 1.11 bits per heavy atom. The van der Waals surface area contributed by atoms with Crippen LogP contribution in [0.15, 0.2) is 18.2 Å². The highest BCUT2D eigenvalue weighted by atomic mass is 16.5. The Labute approximate surface area is 167 Å². The zero-order chi connectivity index (χ0) is 20.7. The van der Waals surface area contributed by atoms with E-state index in [0.717, 1.165) is 32.5 Å². The molecule has 1 aromatic rings. The number of benzene rings is 1. The van der Waals surface area contributed by atoms with Crippen LogP contribution in [-0.2, 0) is 4.79 Å². The maximum absolute atomic E-state index is 13.1. The van der Waals surface area contributed by atoms with Crippen LogP contribution in [0.1, 0.15) is 37.0 Å². The number of nitrogens with zero attached hydrogens (tertiary/aromatic N) is 1. The van der Waals surface area contributed by atoms with E-state index in [2.05, 4.69) is 10.6 Å². The maximum Gasteiger partial charge on any atom is 0.252 e. The summed E-state index contributed by atoms with van der Waals surface area (Å²) in [6, 6.07) is 4.42. The van der Waals surface area contributed by atoms with E-state index in [-0.39, 0.29) is 17.7 Å². The molecule has 1 heterocycles. The largest absolute Gasteiger partial charge is 0.497 e. The van der Waals surface area contributed by atoms with Gasteiger partial charge < -0.3 is 25.0 Å². The molecule has 0 radical (unpaired) electrons. The van der Waals surface area contributed by atoms with Crippen molar-refractivity contribution in [1.29, 1.82) is 0 Å². The monoisotopic (exact) mass is 391 g/mol. The summed E-state index contributed by atoms with van der Waals surface area (Å²) in [5.74, 6) is 1.33. The van der Waals surface area contributed by atoms with Gasteiger partial charge in [0, 0.05) is 24.7 Å². The van der Waals surface area contributed by atoms with Crippen molar-refractivity contribution in [2.45, 2.75) is 32.7 Å². The average Bonchev–Trinajstić information content (AvgIpc) is 2.71. The first-order valence-corrected chi connectivity index (χ1v) is 9.86. The summed E-state index contributed by atoms with van der Waals surface area (Å²) in [4.78, 5) is 27.8. The second kappa shape index (κ2) is 10.3. The molecule has 0 spiro atoms. The van der Waals surface area contributed by atoms with Crippen molar-refractivity contribution in [3.05, 3.63) is 23.8 Å². The zero-order valence-electron chi connectivity index (χ0n) is 17.6. The molecule has 1 aromatic carbocycles. The third-order valence-electron chi connectivity index (χ3n) is 5.25. The molecule has 1 aliphatic heterocycles. The van der Waals surface area contributed by atoms with Crippen molar-refractivity contribution in [2.75, 3.05) is 40.9 Å². The molecule has 0 bridgehead atoms. The minimum atomic E-state index is -0.564. The van der Waals surface area contributed by atoms with Crippen molar-refractivity contribution in [2.24, 2.45) is 11.8 Å². The lowest BCUT2D eigenvalue weighted by Gasteiger charge is -2.35. The number of amides is 2. The molecule has 156 valence electrons. The molecule has 1 aliphatic rings. The first-order valence-electron chi connectivity index (χ1n) is 9.86. The van der Waals surface area contributed by atoms with Gasteiger partial charge in [0.15, 0.2) is 0 Å². The Morgan fingerprint density at radius 2 is 1.68 bits per heavy atom. The molecule has 7 heteroatoms. The molecule has 2 amide bonds. The van der Waals surface area contributed by atoms with Gasteiger partial charge in [-0.25, -0.2) is 0 Å². The third kappa shape index (κ3) is 5.61. The second-order valence-corrected chi connectivity index (χ2v) is 7.62. The number of hydrogen-bond donors (Lipinski definition) is 2. The average molecular weight is 392 g/mol. The lowest BCUT2D eigenvalue weighted by molar-refractivity contribution is -0.135. The Morgan fingerprint density at radius 3 is 2.14 bits per heavy atom. The second-order valence-electron chi connectivity index (χ2n) is 7.62. The minimum absolute atomic E-state index is 0.0129. The highest BCUT2D eigenvalue weighted by molar-refractivity contribution is 5.98. The summed E-state index contributed by atoms with van der Waals surface area (Å²) < 4.78 is 10.5. The highest BCUT2D eigenvalue weighted by Crippen LogP contribution is 2.23. The van der Waals surface area contributed by atoms with Gasteiger partial charge in [0.05, 0.1) is 14.2 Å². The van der Waals surface area contributed by atoms with Crippen LogP contribution in [0.25, 0.3) is 0 Å². The van der Waals surface area contributed by atoms with Crippen molar-refractivity contribution in [3.8, 4) is 11.5 Å². The minimum Gasteiger partial charge on any atom is -0.497 e. The molecule has 7 nitrogen and oxygen atoms in total. The smallest absolute Gasteiger partial charge is 0.252 e. The van der Waals surface area contributed by atoms with Crippen LogP contribution in [0.4, 0.5) is 0 Å². The molecule has 0 aromatic heterocycles. The molecule has 1 fully saturated rings. The van der Waals surface area contributed by atoms with Crippen molar-refractivity contribution in [3.63, 3.8) is 0 Å². The summed E-state index contributed by atoms with van der Waals surface area (Å²) >= 11 is 0. The molecule has 2 rings (SSSR count). The summed E-state index contributed by atoms with van der Waals surface area (Å²) in [6.07, 6.45) is 1.97. The van der Waals surface area contributed by atoms with Gasteiger partial charge in [0.1, 0.15) is 17.5 Å². The Bertz CT molecular complexity index is 647. The molecule has 28 heavy (non-hydrogen) atoms. The summed E-state index contributed by atoms with van der Waals surface area (Å²) in [6.45, 7) is 6.34. The van der Waals surface area contributed by atoms with Gasteiger partial charge in [0.2, 0.25) is 5.91 Å². The number of ether oxygens (including phenoxy) is 2. The van der Waals surface area contributed by atoms with E-state index in [1.807, 2.05) is 25.8 Å². The van der Waals surface area contributed by atoms with Crippen LogP contribution in [0, 0.1) is 11.8 Å². The van der Waals surface area contributed by atoms with Crippen molar-refractivity contribution >= 4 is 11.8 Å². The molecule has 2 N–H and O–H groups in total. The van der Waals surface area contributed by atoms with Gasteiger partial charge in [0.25, 0.3) is 5.91 Å². The van der Waals surface area contributed by atoms with Gasteiger partial charge in [-0.2, -0.15) is 0 Å². The number of carbonyl (C=O) groups excluding carboxylic acids is 2. The number of carbonyl (C=O) groups is 2. The Kier molecular flexibility index (Phi) is 8.11. The fourth-order valence-corrected chi connectivity index (χ4v) is 3.52. The fraction of sp³-hybridized carbons (Fsp3) is 0.619. The molecule has 1 unspecified atom stereocenters. The van der Waals surface area contributed by atoms with Crippen molar-refractivity contribution in [1.82, 2.24) is 15.5 Å². The molecule has 1 atom stereocenters. The summed E-state index contributed by atoms with van der Waals surface area (Å²) in [7, 11) is 5.03. The van der Waals surface area contributed by atoms with E-state index >= 15 is 0 Å². The predicted octanol–water partition coefficient (Wildman–Crippen LogP) is 1.92. The summed E-state index contributed by atoms with van der Waals surface area (Å²) in [5.41, 5.74) is 0.405. The summed E-state index contributed by atoms with van der Waals surface area (Å²) in [5, 5.41) is 6.12. The van der Waals surface area contributed by atoms with Crippen LogP contribution in [0.5, 0.6) is 11.5 Å². The normalized spacial score (nSPS) is 16.0. The lowest BCUT2D eigenvalue weighted by Crippen LogP contribution is -2.53. The molecule has 0 aliphatic carbocycles. The predicted molar refractivity (Wildman–Crippen MR) is 109 cm³/mol. The first-order chi connectivity index (χ1) is 13.4. The zero-order valence-corrected chi connectivity index (χ0v) is 17.6. The number of nitrogens with one attached hydrogen (secondary N) is 2. The van der Waals surface area contributed by atoms with Crippen LogP contribution in [0.3, 0.4) is 0 Å². The number of likely N-dealkylation sites (tertiary alicyclic amines) is 1. The van der Waals surface area contributed by atoms with E-state index < -0.39 is 6.04 Å². The number of piperidine rings is 1. The molecule has 0 saturated carbocycles. The first kappa shape index (κ1) is 22.0. The van der Waals surface area contributed by atoms with E-state index in [0.29, 0.717) is 23.0 Å². The van der Waals surface area contributed by atoms with Crippen LogP contribution >= 0.6 is 0 Å². The van der Waals surface area contributed by atoms with Crippen LogP contribution < -0.4 is 20.1 Å². The lowest BCUT2D eigenvalue weighted by atomic mass is 9.95. The Balaban J connectivity index is 2.08. The fourth-order valence-electron chi connectivity index (χ4n) is 3.52. The van der Waals surface area contributed by atoms with Gasteiger partial charge in [-0.15, -0.1) is 0 Å². The molecule has 1 saturated heterocycles. The Hall–Kier alpha value is -2.28. The standard InChI is InChI=1S/C21H33N3O4/c1-14(2)19(21(26)24-8-6-15(7-9-24)13-22-3)23-20(25)16-10-17(27-4)12-18(11-16)28-5/h10-12,14-15,19,22H,6-9,13H2,1-5H3,(H,23,25). The molecular weight excluding hydrogens is 358 g/mol. The van der Waals surface area contributed by atoms with E-state index in [9.17, 15) is 9.59 Å². The van der Waals surface area contributed by atoms with Gasteiger partial charge >= 0.3 is 0 Å². The molecular formula is C21H33N3O4. The topological polar surface area (TPSA) is 79.9 Å².